The number of hydrogen-bond acceptors (Lipinski definition) is 5. The lowest BCUT2D eigenvalue weighted by molar-refractivity contribution is -0.124. The van der Waals surface area contributed by atoms with Crippen molar-refractivity contribution in [2.45, 2.75) is 12.8 Å². The van der Waals surface area contributed by atoms with Crippen molar-refractivity contribution in [2.24, 2.45) is 5.92 Å². The summed E-state index contributed by atoms with van der Waals surface area (Å²) in [7, 11) is 3.57. The molecule has 1 fully saturated rings. The molecule has 0 spiro atoms. The minimum absolute atomic E-state index is 0.0887. The van der Waals surface area contributed by atoms with Crippen LogP contribution in [0.25, 0.3) is 0 Å². The highest BCUT2D eigenvalue weighted by Crippen LogP contribution is 2.21. The van der Waals surface area contributed by atoms with Crippen LogP contribution in [0.1, 0.15) is 23.2 Å². The largest absolute Gasteiger partial charge is 0.418 e. The van der Waals surface area contributed by atoms with E-state index in [2.05, 4.69) is 0 Å². The Kier molecular flexibility index (Phi) is 5.72. The van der Waals surface area contributed by atoms with Crippen molar-refractivity contribution in [1.29, 1.82) is 0 Å². The monoisotopic (exact) mass is 303 g/mol. The Bertz CT molecular complexity index is 545. The van der Waals surface area contributed by atoms with E-state index < -0.39 is 5.97 Å². The lowest BCUT2D eigenvalue weighted by Crippen LogP contribution is -2.27. The minimum atomic E-state index is -0.519. The maximum Gasteiger partial charge on any atom is 0.343 e. The van der Waals surface area contributed by atoms with Gasteiger partial charge in [0.25, 0.3) is 0 Å². The van der Waals surface area contributed by atoms with E-state index in [0.29, 0.717) is 31.6 Å². The highest BCUT2D eigenvalue weighted by atomic mass is 16.5. The van der Waals surface area contributed by atoms with Crippen molar-refractivity contribution in [3.05, 3.63) is 47.9 Å². The van der Waals surface area contributed by atoms with Crippen molar-refractivity contribution in [3.8, 4) is 0 Å². The molecule has 0 radical (unpaired) electrons. The summed E-state index contributed by atoms with van der Waals surface area (Å²) < 4.78 is 10.6. The Morgan fingerprint density at radius 2 is 1.82 bits per heavy atom. The topological polar surface area (TPSA) is 55.8 Å². The zero-order chi connectivity index (χ0) is 15.9. The molecule has 0 bridgehead atoms. The number of nitrogens with zero attached hydrogens (tertiary/aromatic N) is 1. The maximum atomic E-state index is 12.6. The van der Waals surface area contributed by atoms with Crippen LogP contribution in [0.5, 0.6) is 0 Å². The van der Waals surface area contributed by atoms with E-state index in [0.717, 1.165) is 0 Å². The summed E-state index contributed by atoms with van der Waals surface area (Å²) >= 11 is 0. The standard InChI is InChI=1S/C17H21NO4/c1-18(2)12-15(16(19)13-8-10-21-11-9-13)22-17(20)14-6-4-3-5-7-14/h3-7,12-13H,8-11H2,1-2H3/b15-12+. The van der Waals surface area contributed by atoms with Gasteiger partial charge in [-0.3, -0.25) is 4.79 Å². The first-order chi connectivity index (χ1) is 10.6. The lowest BCUT2D eigenvalue weighted by atomic mass is 9.94. The van der Waals surface area contributed by atoms with E-state index in [1.165, 1.54) is 0 Å². The van der Waals surface area contributed by atoms with Gasteiger partial charge in [-0.25, -0.2) is 4.79 Å². The zero-order valence-corrected chi connectivity index (χ0v) is 13.0. The van der Waals surface area contributed by atoms with E-state index in [-0.39, 0.29) is 17.5 Å². The van der Waals surface area contributed by atoms with Gasteiger partial charge in [0.2, 0.25) is 5.78 Å². The molecule has 1 aliphatic rings. The molecule has 22 heavy (non-hydrogen) atoms. The number of rotatable bonds is 5. The number of carbonyl (C=O) groups excluding carboxylic acids is 2. The van der Waals surface area contributed by atoms with Gasteiger partial charge in [-0.15, -0.1) is 0 Å². The van der Waals surface area contributed by atoms with Crippen molar-refractivity contribution in [1.82, 2.24) is 4.90 Å². The van der Waals surface area contributed by atoms with Gasteiger partial charge in [0.05, 0.1) is 5.56 Å². The second-order valence-corrected chi connectivity index (χ2v) is 5.46. The van der Waals surface area contributed by atoms with E-state index in [9.17, 15) is 9.59 Å². The zero-order valence-electron chi connectivity index (χ0n) is 13.0. The fourth-order valence-electron chi connectivity index (χ4n) is 2.27. The second-order valence-electron chi connectivity index (χ2n) is 5.46. The van der Waals surface area contributed by atoms with Gasteiger partial charge < -0.3 is 14.4 Å². The van der Waals surface area contributed by atoms with Gasteiger partial charge in [0.1, 0.15) is 0 Å². The molecule has 118 valence electrons. The Morgan fingerprint density at radius 1 is 1.18 bits per heavy atom. The molecular weight excluding hydrogens is 282 g/mol. The first kappa shape index (κ1) is 16.2. The maximum absolute atomic E-state index is 12.6. The van der Waals surface area contributed by atoms with E-state index in [4.69, 9.17) is 9.47 Å². The first-order valence-corrected chi connectivity index (χ1v) is 7.35. The smallest absolute Gasteiger partial charge is 0.343 e. The average Bonchev–Trinajstić information content (AvgIpc) is 2.54. The summed E-state index contributed by atoms with van der Waals surface area (Å²) in [6.07, 6.45) is 2.87. The lowest BCUT2D eigenvalue weighted by Gasteiger charge is -2.22. The molecule has 0 N–H and O–H groups in total. The van der Waals surface area contributed by atoms with Gasteiger partial charge in [0, 0.05) is 39.4 Å². The van der Waals surface area contributed by atoms with Crippen LogP contribution in [-0.2, 0) is 14.3 Å². The predicted molar refractivity (Wildman–Crippen MR) is 82.2 cm³/mol. The van der Waals surface area contributed by atoms with Gasteiger partial charge in [-0.05, 0) is 25.0 Å². The van der Waals surface area contributed by atoms with Crippen molar-refractivity contribution >= 4 is 11.8 Å². The number of hydrogen-bond donors (Lipinski definition) is 0. The van der Waals surface area contributed by atoms with Crippen LogP contribution in [0.15, 0.2) is 42.3 Å². The van der Waals surface area contributed by atoms with Crippen molar-refractivity contribution < 1.29 is 19.1 Å². The van der Waals surface area contributed by atoms with Gasteiger partial charge >= 0.3 is 5.97 Å². The third kappa shape index (κ3) is 4.43. The molecule has 1 heterocycles. The molecular formula is C17H21NO4. The van der Waals surface area contributed by atoms with Crippen LogP contribution in [0.3, 0.4) is 0 Å². The highest BCUT2D eigenvalue weighted by Gasteiger charge is 2.27. The van der Waals surface area contributed by atoms with Gasteiger partial charge in [0.15, 0.2) is 5.76 Å². The van der Waals surface area contributed by atoms with Crippen LogP contribution < -0.4 is 0 Å². The Balaban J connectivity index is 2.12. The predicted octanol–water partition coefficient (Wildman–Crippen LogP) is 2.24. The third-order valence-corrected chi connectivity index (χ3v) is 3.42. The van der Waals surface area contributed by atoms with Gasteiger partial charge in [-0.1, -0.05) is 18.2 Å². The average molecular weight is 303 g/mol. The summed E-state index contributed by atoms with van der Waals surface area (Å²) in [6.45, 7) is 1.14. The number of allylic oxidation sites excluding steroid dienone is 1. The second kappa shape index (κ2) is 7.75. The summed E-state index contributed by atoms with van der Waals surface area (Å²) in [5.74, 6) is -0.718. The summed E-state index contributed by atoms with van der Waals surface area (Å²) in [5.41, 5.74) is 0.423. The third-order valence-electron chi connectivity index (χ3n) is 3.42. The minimum Gasteiger partial charge on any atom is -0.418 e. The molecule has 0 saturated carbocycles. The first-order valence-electron chi connectivity index (χ1n) is 7.35. The van der Waals surface area contributed by atoms with E-state index in [1.54, 1.807) is 49.5 Å². The Labute approximate surface area is 130 Å². The number of Topliss-reactive ketones (excluding diaryl/α,β-unsaturated/α-hetero) is 1. The molecule has 1 aromatic rings. The highest BCUT2D eigenvalue weighted by molar-refractivity contribution is 6.00. The summed E-state index contributed by atoms with van der Waals surface area (Å²) in [5, 5.41) is 0. The molecule has 5 heteroatoms. The molecule has 1 aromatic carbocycles. The van der Waals surface area contributed by atoms with Crippen LogP contribution in [0.2, 0.25) is 0 Å². The van der Waals surface area contributed by atoms with Crippen LogP contribution >= 0.6 is 0 Å². The van der Waals surface area contributed by atoms with E-state index >= 15 is 0 Å². The normalized spacial score (nSPS) is 16.2. The van der Waals surface area contributed by atoms with Crippen LogP contribution in [0, 0.1) is 5.92 Å². The molecule has 5 nitrogen and oxygen atoms in total. The summed E-state index contributed by atoms with van der Waals surface area (Å²) in [6, 6.07) is 8.65. The molecule has 0 atom stereocenters. The fraction of sp³-hybridized carbons (Fsp3) is 0.412. The van der Waals surface area contributed by atoms with Crippen LogP contribution in [0.4, 0.5) is 0 Å². The number of benzene rings is 1. The van der Waals surface area contributed by atoms with Crippen molar-refractivity contribution in [2.75, 3.05) is 27.3 Å². The summed E-state index contributed by atoms with van der Waals surface area (Å²) in [4.78, 5) is 26.4. The Morgan fingerprint density at radius 3 is 2.41 bits per heavy atom. The molecule has 2 rings (SSSR count). The number of ether oxygens (including phenoxy) is 2. The van der Waals surface area contributed by atoms with Gasteiger partial charge in [-0.2, -0.15) is 0 Å². The number of ketones is 1. The number of carbonyl (C=O) groups is 2. The molecule has 1 aliphatic heterocycles. The molecule has 0 aliphatic carbocycles. The molecule has 0 aromatic heterocycles. The fourth-order valence-corrected chi connectivity index (χ4v) is 2.27. The van der Waals surface area contributed by atoms with Crippen molar-refractivity contribution in [3.63, 3.8) is 0 Å². The molecule has 1 saturated heterocycles. The molecule has 0 amide bonds. The Hall–Kier alpha value is -2.14. The van der Waals surface area contributed by atoms with E-state index in [1.807, 2.05) is 6.07 Å². The quantitative estimate of drug-likeness (QED) is 0.474. The molecule has 0 unspecified atom stereocenters. The van der Waals surface area contributed by atoms with Crippen LogP contribution in [-0.4, -0.2) is 44.0 Å². The SMILES string of the molecule is CN(C)/C=C(/OC(=O)c1ccccc1)C(=O)C1CCOCC1. The number of esters is 1.